The molecular weight excluding hydrogens is 200 g/mol. The molecular formula is C6H5ClN2O2S. The maximum Gasteiger partial charge on any atom is 0.342 e. The number of aromatic nitrogens is 2. The van der Waals surface area contributed by atoms with Crippen molar-refractivity contribution in [1.82, 2.24) is 9.97 Å². The molecule has 0 spiro atoms. The van der Waals surface area contributed by atoms with Crippen LogP contribution in [0.4, 0.5) is 0 Å². The lowest BCUT2D eigenvalue weighted by Gasteiger charge is -1.99. The number of aromatic amines is 1. The molecule has 0 unspecified atom stereocenters. The number of ether oxygens (including phenoxy) is 1. The first-order valence-electron chi connectivity index (χ1n) is 2.98. The Morgan fingerprint density at radius 2 is 2.50 bits per heavy atom. The maximum atomic E-state index is 10.9. The zero-order valence-corrected chi connectivity index (χ0v) is 7.70. The second-order valence-electron chi connectivity index (χ2n) is 1.91. The molecule has 1 aromatic heterocycles. The second kappa shape index (κ2) is 3.64. The van der Waals surface area contributed by atoms with Crippen LogP contribution in [0.5, 0.6) is 0 Å². The molecule has 4 nitrogen and oxygen atoms in total. The number of carbonyl (C=O) groups is 1. The number of esters is 1. The van der Waals surface area contributed by atoms with Crippen LogP contribution in [-0.4, -0.2) is 23.0 Å². The van der Waals surface area contributed by atoms with Gasteiger partial charge in [0.1, 0.15) is 10.7 Å². The Morgan fingerprint density at radius 1 is 1.83 bits per heavy atom. The molecule has 6 heteroatoms. The highest BCUT2D eigenvalue weighted by molar-refractivity contribution is 7.71. The molecule has 0 fully saturated rings. The molecule has 0 amide bonds. The van der Waals surface area contributed by atoms with Crippen LogP contribution in [0.15, 0.2) is 6.20 Å². The third-order valence-corrected chi connectivity index (χ3v) is 1.67. The Morgan fingerprint density at radius 3 is 3.00 bits per heavy atom. The SMILES string of the molecule is COC(=O)c1cnc(=S)[nH]c1Cl. The van der Waals surface area contributed by atoms with Crippen LogP contribution < -0.4 is 0 Å². The number of rotatable bonds is 1. The van der Waals surface area contributed by atoms with Gasteiger partial charge < -0.3 is 9.72 Å². The van der Waals surface area contributed by atoms with Crippen molar-refractivity contribution in [1.29, 1.82) is 0 Å². The zero-order chi connectivity index (χ0) is 9.14. The second-order valence-corrected chi connectivity index (χ2v) is 2.67. The normalized spacial score (nSPS) is 9.50. The summed E-state index contributed by atoms with van der Waals surface area (Å²) >= 11 is 10.3. The first kappa shape index (κ1) is 9.15. The highest BCUT2D eigenvalue weighted by atomic mass is 35.5. The predicted octanol–water partition coefficient (Wildman–Crippen LogP) is 1.58. The number of halogens is 1. The van der Waals surface area contributed by atoms with Gasteiger partial charge in [-0.1, -0.05) is 11.6 Å². The number of H-pyrrole nitrogens is 1. The minimum atomic E-state index is -0.543. The molecule has 0 aliphatic carbocycles. The van der Waals surface area contributed by atoms with E-state index in [-0.39, 0.29) is 15.5 Å². The molecule has 0 aromatic carbocycles. The van der Waals surface area contributed by atoms with Crippen molar-refractivity contribution in [3.8, 4) is 0 Å². The van der Waals surface area contributed by atoms with Crippen molar-refractivity contribution >= 4 is 29.8 Å². The fourth-order valence-electron chi connectivity index (χ4n) is 0.626. The van der Waals surface area contributed by atoms with Crippen LogP contribution in [0.3, 0.4) is 0 Å². The fourth-order valence-corrected chi connectivity index (χ4v) is 1.05. The van der Waals surface area contributed by atoms with E-state index in [1.807, 2.05) is 0 Å². The molecule has 1 N–H and O–H groups in total. The van der Waals surface area contributed by atoms with Crippen molar-refractivity contribution in [2.75, 3.05) is 7.11 Å². The number of methoxy groups -OCH3 is 1. The number of hydrogen-bond acceptors (Lipinski definition) is 4. The summed E-state index contributed by atoms with van der Waals surface area (Å²) in [6, 6.07) is 0. The van der Waals surface area contributed by atoms with Gasteiger partial charge in [-0.2, -0.15) is 0 Å². The first-order chi connectivity index (χ1) is 5.65. The standard InChI is InChI=1S/C6H5ClN2O2S/c1-11-5(10)3-2-8-6(12)9-4(3)7/h2H,1H3,(H,8,9,12). The summed E-state index contributed by atoms with van der Waals surface area (Å²) in [6.45, 7) is 0. The number of carbonyl (C=O) groups excluding carboxylic acids is 1. The number of nitrogens with one attached hydrogen (secondary N) is 1. The monoisotopic (exact) mass is 204 g/mol. The van der Waals surface area contributed by atoms with Gasteiger partial charge in [-0.25, -0.2) is 9.78 Å². The van der Waals surface area contributed by atoms with Gasteiger partial charge in [0.05, 0.1) is 7.11 Å². The largest absolute Gasteiger partial charge is 0.465 e. The summed E-state index contributed by atoms with van der Waals surface area (Å²) in [5, 5.41) is 0.141. The zero-order valence-electron chi connectivity index (χ0n) is 6.13. The summed E-state index contributed by atoms with van der Waals surface area (Å²) in [4.78, 5) is 17.2. The number of hydrogen-bond donors (Lipinski definition) is 1. The minimum absolute atomic E-state index is 0.141. The Bertz CT molecular complexity index is 363. The molecule has 0 atom stereocenters. The molecule has 0 aliphatic rings. The van der Waals surface area contributed by atoms with Crippen molar-refractivity contribution in [2.45, 2.75) is 0 Å². The molecule has 12 heavy (non-hydrogen) atoms. The molecule has 1 rings (SSSR count). The van der Waals surface area contributed by atoms with E-state index in [2.05, 4.69) is 26.9 Å². The van der Waals surface area contributed by atoms with E-state index >= 15 is 0 Å². The van der Waals surface area contributed by atoms with Crippen molar-refractivity contribution in [2.24, 2.45) is 0 Å². The summed E-state index contributed by atoms with van der Waals surface area (Å²) in [5.41, 5.74) is 0.174. The van der Waals surface area contributed by atoms with E-state index in [1.54, 1.807) is 0 Å². The summed E-state index contributed by atoms with van der Waals surface area (Å²) < 4.78 is 4.67. The molecule has 0 radical (unpaired) electrons. The van der Waals surface area contributed by atoms with Gasteiger partial charge in [0, 0.05) is 6.20 Å². The number of nitrogens with zero attached hydrogens (tertiary/aromatic N) is 1. The lowest BCUT2D eigenvalue weighted by atomic mass is 10.3. The first-order valence-corrected chi connectivity index (χ1v) is 3.77. The van der Waals surface area contributed by atoms with E-state index in [0.29, 0.717) is 0 Å². The van der Waals surface area contributed by atoms with E-state index in [0.717, 1.165) is 0 Å². The van der Waals surface area contributed by atoms with Gasteiger partial charge in [-0.3, -0.25) is 0 Å². The highest BCUT2D eigenvalue weighted by Gasteiger charge is 2.10. The van der Waals surface area contributed by atoms with Crippen LogP contribution in [0, 0.1) is 4.77 Å². The van der Waals surface area contributed by atoms with Crippen LogP contribution in [-0.2, 0) is 4.74 Å². The van der Waals surface area contributed by atoms with Gasteiger partial charge in [0.15, 0.2) is 4.77 Å². The van der Waals surface area contributed by atoms with Crippen LogP contribution >= 0.6 is 23.8 Å². The third kappa shape index (κ3) is 1.80. The summed E-state index contributed by atoms with van der Waals surface area (Å²) in [6.07, 6.45) is 1.27. The van der Waals surface area contributed by atoms with Gasteiger partial charge in [0.2, 0.25) is 0 Å². The highest BCUT2D eigenvalue weighted by Crippen LogP contribution is 2.11. The van der Waals surface area contributed by atoms with Gasteiger partial charge in [-0.15, -0.1) is 0 Å². The molecule has 0 aliphatic heterocycles. The topological polar surface area (TPSA) is 55.0 Å². The Kier molecular flexibility index (Phi) is 2.78. The smallest absolute Gasteiger partial charge is 0.342 e. The average molecular weight is 205 g/mol. The van der Waals surface area contributed by atoms with Crippen molar-refractivity contribution in [3.63, 3.8) is 0 Å². The van der Waals surface area contributed by atoms with Gasteiger partial charge in [-0.05, 0) is 12.2 Å². The van der Waals surface area contributed by atoms with Crippen LogP contribution in [0.25, 0.3) is 0 Å². The molecule has 1 aromatic rings. The van der Waals surface area contributed by atoms with Crippen molar-refractivity contribution < 1.29 is 9.53 Å². The Labute approximate surface area is 78.5 Å². The fraction of sp³-hybridized carbons (Fsp3) is 0.167. The average Bonchev–Trinajstić information content (AvgIpc) is 2.03. The molecule has 64 valence electrons. The van der Waals surface area contributed by atoms with E-state index in [1.165, 1.54) is 13.3 Å². The molecule has 0 saturated heterocycles. The predicted molar refractivity (Wildman–Crippen MR) is 45.8 cm³/mol. The van der Waals surface area contributed by atoms with E-state index in [4.69, 9.17) is 11.6 Å². The van der Waals surface area contributed by atoms with Crippen molar-refractivity contribution in [3.05, 3.63) is 21.7 Å². The summed E-state index contributed by atoms with van der Waals surface area (Å²) in [7, 11) is 1.26. The molecule has 0 bridgehead atoms. The lowest BCUT2D eigenvalue weighted by molar-refractivity contribution is 0.0600. The Hall–Kier alpha value is -0.940. The molecule has 1 heterocycles. The molecule has 0 saturated carbocycles. The minimum Gasteiger partial charge on any atom is -0.465 e. The van der Waals surface area contributed by atoms with Gasteiger partial charge >= 0.3 is 5.97 Å². The van der Waals surface area contributed by atoms with Crippen LogP contribution in [0.1, 0.15) is 10.4 Å². The van der Waals surface area contributed by atoms with Crippen LogP contribution in [0.2, 0.25) is 5.15 Å². The lowest BCUT2D eigenvalue weighted by Crippen LogP contribution is -2.04. The summed E-state index contributed by atoms with van der Waals surface area (Å²) in [5.74, 6) is -0.543. The Balaban J connectivity index is 3.18. The van der Waals surface area contributed by atoms with Gasteiger partial charge in [0.25, 0.3) is 0 Å². The quantitative estimate of drug-likeness (QED) is 0.429. The van der Waals surface area contributed by atoms with E-state index < -0.39 is 5.97 Å². The maximum absolute atomic E-state index is 10.9. The van der Waals surface area contributed by atoms with E-state index in [9.17, 15) is 4.79 Å². The third-order valence-electron chi connectivity index (χ3n) is 1.17.